The summed E-state index contributed by atoms with van der Waals surface area (Å²) in [6.07, 6.45) is -3.48. The Hall–Kier alpha value is -3.30. The van der Waals surface area contributed by atoms with E-state index in [0.29, 0.717) is 0 Å². The fraction of sp³-hybridized carbons (Fsp3) is 0.133. The van der Waals surface area contributed by atoms with E-state index in [0.717, 1.165) is 12.1 Å². The number of halogens is 3. The zero-order valence-electron chi connectivity index (χ0n) is 12.4. The fourth-order valence-corrected chi connectivity index (χ4v) is 1.73. The molecule has 0 saturated heterocycles. The summed E-state index contributed by atoms with van der Waals surface area (Å²) < 4.78 is 44.5. The van der Waals surface area contributed by atoms with Crippen LogP contribution in [0.4, 0.5) is 18.9 Å². The number of hydrogen-bond donors (Lipinski definition) is 2. The quantitative estimate of drug-likeness (QED) is 0.800. The van der Waals surface area contributed by atoms with Crippen LogP contribution in [0.1, 0.15) is 10.4 Å². The molecule has 1 heterocycles. The molecule has 2 N–H and O–H groups in total. The number of aromatic nitrogens is 1. The molecular formula is C15H11F3N2O5. The van der Waals surface area contributed by atoms with Crippen LogP contribution in [0.25, 0.3) is 0 Å². The number of esters is 1. The first-order chi connectivity index (χ1) is 11.7. The van der Waals surface area contributed by atoms with Gasteiger partial charge in [-0.15, -0.1) is 13.2 Å². The van der Waals surface area contributed by atoms with Crippen molar-refractivity contribution in [3.8, 4) is 5.75 Å². The van der Waals surface area contributed by atoms with Crippen LogP contribution in [-0.2, 0) is 9.53 Å². The highest BCUT2D eigenvalue weighted by Crippen LogP contribution is 2.23. The Labute approximate surface area is 138 Å². The molecule has 0 bridgehead atoms. The number of aromatic amines is 1. The summed E-state index contributed by atoms with van der Waals surface area (Å²) in [7, 11) is 0. The lowest BCUT2D eigenvalue weighted by molar-refractivity contribution is -0.274. The van der Waals surface area contributed by atoms with Crippen molar-refractivity contribution in [3.05, 3.63) is 58.5 Å². The monoisotopic (exact) mass is 356 g/mol. The predicted octanol–water partition coefficient (Wildman–Crippen LogP) is 2.07. The van der Waals surface area contributed by atoms with Crippen LogP contribution in [0.3, 0.4) is 0 Å². The Bertz CT molecular complexity index is 815. The molecule has 0 spiro atoms. The van der Waals surface area contributed by atoms with Gasteiger partial charge in [0.15, 0.2) is 6.61 Å². The van der Waals surface area contributed by atoms with Crippen LogP contribution in [0.15, 0.2) is 47.4 Å². The number of H-pyrrole nitrogens is 1. The van der Waals surface area contributed by atoms with Gasteiger partial charge in [-0.3, -0.25) is 9.59 Å². The Kier molecular flexibility index (Phi) is 5.42. The Morgan fingerprint density at radius 1 is 1.12 bits per heavy atom. The topological polar surface area (TPSA) is 97.5 Å². The standard InChI is InChI=1S/C15H11F3N2O5/c16-15(17,18)25-10-5-3-9(4-6-10)20-12(21)8-24-14(23)11-2-1-7-19-13(11)22/h1-7H,8H2,(H,19,22)(H,20,21). The number of benzene rings is 1. The molecule has 0 unspecified atom stereocenters. The fourth-order valence-electron chi connectivity index (χ4n) is 1.73. The van der Waals surface area contributed by atoms with Gasteiger partial charge in [-0.2, -0.15) is 0 Å². The maximum Gasteiger partial charge on any atom is 0.573 e. The van der Waals surface area contributed by atoms with E-state index in [1.807, 2.05) is 0 Å². The average molecular weight is 356 g/mol. The van der Waals surface area contributed by atoms with E-state index in [1.165, 1.54) is 30.5 Å². The van der Waals surface area contributed by atoms with Crippen LogP contribution in [0.2, 0.25) is 0 Å². The van der Waals surface area contributed by atoms with Gasteiger partial charge < -0.3 is 19.8 Å². The largest absolute Gasteiger partial charge is 0.573 e. The normalized spacial score (nSPS) is 10.8. The molecular weight excluding hydrogens is 345 g/mol. The summed E-state index contributed by atoms with van der Waals surface area (Å²) in [5.41, 5.74) is -0.745. The lowest BCUT2D eigenvalue weighted by Gasteiger charge is -2.10. The van der Waals surface area contributed by atoms with E-state index in [1.54, 1.807) is 0 Å². The van der Waals surface area contributed by atoms with E-state index in [4.69, 9.17) is 0 Å². The van der Waals surface area contributed by atoms with Gasteiger partial charge >= 0.3 is 12.3 Å². The maximum atomic E-state index is 12.0. The third-order valence-corrected chi connectivity index (χ3v) is 2.74. The molecule has 7 nitrogen and oxygen atoms in total. The first-order valence-electron chi connectivity index (χ1n) is 6.75. The second kappa shape index (κ2) is 7.51. The minimum Gasteiger partial charge on any atom is -0.452 e. The van der Waals surface area contributed by atoms with Crippen LogP contribution < -0.4 is 15.6 Å². The van der Waals surface area contributed by atoms with Crippen molar-refractivity contribution < 1.29 is 32.2 Å². The molecule has 1 aromatic heterocycles. The van der Waals surface area contributed by atoms with Crippen LogP contribution in [-0.4, -0.2) is 29.8 Å². The van der Waals surface area contributed by atoms with Crippen LogP contribution in [0, 0.1) is 0 Å². The molecule has 0 aliphatic heterocycles. The molecule has 10 heteroatoms. The van der Waals surface area contributed by atoms with E-state index in [-0.39, 0.29) is 11.3 Å². The Morgan fingerprint density at radius 2 is 1.80 bits per heavy atom. The summed E-state index contributed by atoms with van der Waals surface area (Å²) in [5.74, 6) is -2.16. The number of ether oxygens (including phenoxy) is 2. The summed E-state index contributed by atoms with van der Waals surface area (Å²) in [6, 6.07) is 7.05. The number of carbonyl (C=O) groups excluding carboxylic acids is 2. The van der Waals surface area contributed by atoms with Crippen LogP contribution >= 0.6 is 0 Å². The van der Waals surface area contributed by atoms with Gasteiger partial charge in [0.25, 0.3) is 11.5 Å². The molecule has 0 aliphatic carbocycles. The average Bonchev–Trinajstić information content (AvgIpc) is 2.53. The molecule has 0 fully saturated rings. The van der Waals surface area contributed by atoms with E-state index < -0.39 is 36.2 Å². The number of amides is 1. The molecule has 0 aliphatic rings. The van der Waals surface area contributed by atoms with Crippen molar-refractivity contribution in [2.24, 2.45) is 0 Å². The first kappa shape index (κ1) is 18.0. The number of nitrogens with one attached hydrogen (secondary N) is 2. The highest BCUT2D eigenvalue weighted by atomic mass is 19.4. The third kappa shape index (κ3) is 5.68. The summed E-state index contributed by atoms with van der Waals surface area (Å²) >= 11 is 0. The van der Waals surface area contributed by atoms with E-state index in [2.05, 4.69) is 19.8 Å². The molecule has 0 atom stereocenters. The van der Waals surface area contributed by atoms with E-state index in [9.17, 15) is 27.6 Å². The minimum atomic E-state index is -4.81. The van der Waals surface area contributed by atoms with Gasteiger partial charge in [-0.25, -0.2) is 4.79 Å². The van der Waals surface area contributed by atoms with Gasteiger partial charge in [0.1, 0.15) is 11.3 Å². The third-order valence-electron chi connectivity index (χ3n) is 2.74. The number of hydrogen-bond acceptors (Lipinski definition) is 5. The number of anilines is 1. The highest BCUT2D eigenvalue weighted by molar-refractivity contribution is 5.95. The van der Waals surface area contributed by atoms with Crippen molar-refractivity contribution in [2.45, 2.75) is 6.36 Å². The molecule has 1 amide bonds. The molecule has 1 aromatic carbocycles. The van der Waals surface area contributed by atoms with Gasteiger partial charge in [0, 0.05) is 11.9 Å². The van der Waals surface area contributed by atoms with Crippen LogP contribution in [0.5, 0.6) is 5.75 Å². The summed E-state index contributed by atoms with van der Waals surface area (Å²) in [5, 5.41) is 2.31. The predicted molar refractivity (Wildman–Crippen MR) is 79.1 cm³/mol. The van der Waals surface area contributed by atoms with Crippen molar-refractivity contribution >= 4 is 17.6 Å². The molecule has 0 saturated carbocycles. The smallest absolute Gasteiger partial charge is 0.452 e. The Morgan fingerprint density at radius 3 is 2.40 bits per heavy atom. The summed E-state index contributed by atoms with van der Waals surface area (Å²) in [4.78, 5) is 37.0. The molecule has 132 valence electrons. The van der Waals surface area contributed by atoms with Crippen molar-refractivity contribution in [1.82, 2.24) is 4.98 Å². The Balaban J connectivity index is 1.87. The number of pyridine rings is 1. The lowest BCUT2D eigenvalue weighted by Crippen LogP contribution is -2.24. The SMILES string of the molecule is O=C(COC(=O)c1ccc[nH]c1=O)Nc1ccc(OC(F)(F)F)cc1. The van der Waals surface area contributed by atoms with Crippen molar-refractivity contribution in [3.63, 3.8) is 0 Å². The minimum absolute atomic E-state index is 0.174. The second-order valence-corrected chi connectivity index (χ2v) is 4.61. The zero-order valence-corrected chi connectivity index (χ0v) is 12.4. The second-order valence-electron chi connectivity index (χ2n) is 4.61. The molecule has 2 rings (SSSR count). The molecule has 2 aromatic rings. The van der Waals surface area contributed by atoms with Gasteiger partial charge in [0.05, 0.1) is 0 Å². The van der Waals surface area contributed by atoms with Gasteiger partial charge in [-0.1, -0.05) is 0 Å². The number of carbonyl (C=O) groups is 2. The first-order valence-corrected chi connectivity index (χ1v) is 6.75. The number of rotatable bonds is 5. The highest BCUT2D eigenvalue weighted by Gasteiger charge is 2.30. The zero-order chi connectivity index (χ0) is 18.4. The lowest BCUT2D eigenvalue weighted by atomic mass is 10.3. The summed E-state index contributed by atoms with van der Waals surface area (Å²) in [6.45, 7) is -0.673. The number of alkyl halides is 3. The maximum absolute atomic E-state index is 12.0. The van der Waals surface area contributed by atoms with Gasteiger partial charge in [0.2, 0.25) is 0 Å². The molecule has 25 heavy (non-hydrogen) atoms. The molecule has 0 radical (unpaired) electrons. The van der Waals surface area contributed by atoms with Crippen molar-refractivity contribution in [1.29, 1.82) is 0 Å². The van der Waals surface area contributed by atoms with E-state index >= 15 is 0 Å². The van der Waals surface area contributed by atoms with Crippen molar-refractivity contribution in [2.75, 3.05) is 11.9 Å². The van der Waals surface area contributed by atoms with Gasteiger partial charge in [-0.05, 0) is 36.4 Å².